The molecule has 2 aliphatic rings. The van der Waals surface area contributed by atoms with Crippen LogP contribution in [0.25, 0.3) is 0 Å². The van der Waals surface area contributed by atoms with Gasteiger partial charge >= 0.3 is 0 Å². The molecule has 2 amide bonds. The zero-order chi connectivity index (χ0) is 22.3. The minimum absolute atomic E-state index is 0.113. The summed E-state index contributed by atoms with van der Waals surface area (Å²) in [6, 6.07) is 8.00. The maximum atomic E-state index is 13.3. The van der Waals surface area contributed by atoms with Gasteiger partial charge in [0.05, 0.1) is 0 Å². The molecular formula is C26H41N3O2. The molecule has 0 unspecified atom stereocenters. The Morgan fingerprint density at radius 2 is 1.48 bits per heavy atom. The summed E-state index contributed by atoms with van der Waals surface area (Å²) >= 11 is 0. The Balaban J connectivity index is 1.64. The number of carbonyl (C=O) groups excluding carboxylic acids is 2. The zero-order valence-electron chi connectivity index (χ0n) is 19.5. The van der Waals surface area contributed by atoms with Gasteiger partial charge in [-0.15, -0.1) is 0 Å². The average molecular weight is 428 g/mol. The van der Waals surface area contributed by atoms with Crippen LogP contribution in [0.4, 0.5) is 5.69 Å². The first-order chi connectivity index (χ1) is 14.9. The van der Waals surface area contributed by atoms with Crippen LogP contribution in [0.2, 0.25) is 0 Å². The van der Waals surface area contributed by atoms with Crippen molar-refractivity contribution in [3.63, 3.8) is 0 Å². The van der Waals surface area contributed by atoms with Crippen LogP contribution in [0.1, 0.15) is 83.6 Å². The summed E-state index contributed by atoms with van der Waals surface area (Å²) in [6.45, 7) is 6.05. The minimum Gasteiger partial charge on any atom is -0.338 e. The molecule has 0 bridgehead atoms. The van der Waals surface area contributed by atoms with Gasteiger partial charge in [0.15, 0.2) is 0 Å². The van der Waals surface area contributed by atoms with Crippen LogP contribution < -0.4 is 11.1 Å². The summed E-state index contributed by atoms with van der Waals surface area (Å²) in [7, 11) is 0. The third-order valence-electron chi connectivity index (χ3n) is 7.01. The maximum Gasteiger partial charge on any atom is 0.227 e. The SMILES string of the molecule is CC(C)(CN)CN(Cc1ccc(NC(=O)C2CCCCC2)cc1)C(=O)C1CCCCC1. The topological polar surface area (TPSA) is 75.4 Å². The lowest BCUT2D eigenvalue weighted by molar-refractivity contribution is -0.138. The quantitative estimate of drug-likeness (QED) is 0.606. The summed E-state index contributed by atoms with van der Waals surface area (Å²) in [5, 5.41) is 3.08. The Morgan fingerprint density at radius 3 is 2.03 bits per heavy atom. The van der Waals surface area contributed by atoms with E-state index in [9.17, 15) is 9.59 Å². The van der Waals surface area contributed by atoms with Gasteiger partial charge in [-0.05, 0) is 55.3 Å². The fourth-order valence-corrected chi connectivity index (χ4v) is 4.92. The highest BCUT2D eigenvalue weighted by Gasteiger charge is 2.30. The van der Waals surface area contributed by atoms with E-state index in [1.807, 2.05) is 29.2 Å². The maximum absolute atomic E-state index is 13.3. The Kier molecular flexibility index (Phi) is 8.53. The highest BCUT2D eigenvalue weighted by Crippen LogP contribution is 2.28. The first-order valence-electron chi connectivity index (χ1n) is 12.3. The van der Waals surface area contributed by atoms with E-state index < -0.39 is 0 Å². The van der Waals surface area contributed by atoms with Gasteiger partial charge in [0.1, 0.15) is 0 Å². The van der Waals surface area contributed by atoms with Gasteiger partial charge in [-0.25, -0.2) is 0 Å². The molecule has 1 aromatic carbocycles. The standard InChI is InChI=1S/C26H41N3O2/c1-26(2,18-27)19-29(25(31)22-11-7-4-8-12-22)17-20-13-15-23(16-14-20)28-24(30)21-9-5-3-6-10-21/h13-16,21-22H,3-12,17-19,27H2,1-2H3,(H,28,30). The fourth-order valence-electron chi connectivity index (χ4n) is 4.92. The number of rotatable bonds is 8. The molecule has 0 radical (unpaired) electrons. The van der Waals surface area contributed by atoms with E-state index in [2.05, 4.69) is 19.2 Å². The second-order valence-electron chi connectivity index (χ2n) is 10.4. The van der Waals surface area contributed by atoms with E-state index in [1.165, 1.54) is 12.8 Å². The number of nitrogens with two attached hydrogens (primary N) is 1. The molecule has 0 saturated heterocycles. The van der Waals surface area contributed by atoms with Crippen molar-refractivity contribution in [3.05, 3.63) is 29.8 Å². The van der Waals surface area contributed by atoms with E-state index in [-0.39, 0.29) is 29.1 Å². The molecule has 0 heterocycles. The molecule has 0 spiro atoms. The third-order valence-corrected chi connectivity index (χ3v) is 7.01. The largest absolute Gasteiger partial charge is 0.338 e. The van der Waals surface area contributed by atoms with Gasteiger partial charge in [-0.3, -0.25) is 9.59 Å². The van der Waals surface area contributed by atoms with Gasteiger partial charge in [0.2, 0.25) is 11.8 Å². The van der Waals surface area contributed by atoms with Crippen LogP contribution in [-0.4, -0.2) is 29.8 Å². The van der Waals surface area contributed by atoms with Gasteiger partial charge in [0.25, 0.3) is 0 Å². The Bertz CT molecular complexity index is 717. The van der Waals surface area contributed by atoms with Crippen LogP contribution in [0.3, 0.4) is 0 Å². The molecule has 0 aliphatic heterocycles. The molecule has 3 rings (SSSR count). The second-order valence-corrected chi connectivity index (χ2v) is 10.4. The second kappa shape index (κ2) is 11.1. The molecule has 172 valence electrons. The van der Waals surface area contributed by atoms with E-state index in [1.54, 1.807) is 0 Å². The predicted octanol–water partition coefficient (Wildman–Crippen LogP) is 5.10. The average Bonchev–Trinajstić information content (AvgIpc) is 2.80. The smallest absolute Gasteiger partial charge is 0.227 e. The Labute approximate surface area is 188 Å². The number of hydrogen-bond acceptors (Lipinski definition) is 3. The Hall–Kier alpha value is -1.88. The molecule has 2 fully saturated rings. The van der Waals surface area contributed by atoms with Crippen LogP contribution in [-0.2, 0) is 16.1 Å². The monoisotopic (exact) mass is 427 g/mol. The van der Waals surface area contributed by atoms with Crippen LogP contribution >= 0.6 is 0 Å². The third kappa shape index (κ3) is 7.06. The predicted molar refractivity (Wildman–Crippen MR) is 126 cm³/mol. The van der Waals surface area contributed by atoms with Gasteiger partial charge in [0, 0.05) is 30.6 Å². The lowest BCUT2D eigenvalue weighted by Crippen LogP contribution is -2.44. The number of amides is 2. The van der Waals surface area contributed by atoms with Crippen LogP contribution in [0.5, 0.6) is 0 Å². The molecule has 5 nitrogen and oxygen atoms in total. The number of nitrogens with one attached hydrogen (secondary N) is 1. The molecule has 2 saturated carbocycles. The molecule has 0 aromatic heterocycles. The lowest BCUT2D eigenvalue weighted by Gasteiger charge is -2.35. The summed E-state index contributed by atoms with van der Waals surface area (Å²) in [5.41, 5.74) is 7.79. The summed E-state index contributed by atoms with van der Waals surface area (Å²) in [5.74, 6) is 0.717. The summed E-state index contributed by atoms with van der Waals surface area (Å²) in [6.07, 6.45) is 11.1. The van der Waals surface area contributed by atoms with Gasteiger partial charge in [-0.1, -0.05) is 64.5 Å². The van der Waals surface area contributed by atoms with Crippen molar-refractivity contribution in [1.82, 2.24) is 4.90 Å². The molecule has 1 aromatic rings. The van der Waals surface area contributed by atoms with Gasteiger partial charge < -0.3 is 16.0 Å². The molecule has 3 N–H and O–H groups in total. The highest BCUT2D eigenvalue weighted by atomic mass is 16.2. The van der Waals surface area contributed by atoms with Crippen molar-refractivity contribution in [1.29, 1.82) is 0 Å². The molecule has 5 heteroatoms. The number of benzene rings is 1. The number of hydrogen-bond donors (Lipinski definition) is 2. The number of nitrogens with zero attached hydrogens (tertiary/aromatic N) is 1. The van der Waals surface area contributed by atoms with Crippen molar-refractivity contribution in [3.8, 4) is 0 Å². The van der Waals surface area contributed by atoms with E-state index >= 15 is 0 Å². The first-order valence-corrected chi connectivity index (χ1v) is 12.3. The normalized spacial score (nSPS) is 18.5. The van der Waals surface area contributed by atoms with E-state index in [0.29, 0.717) is 19.6 Å². The lowest BCUT2D eigenvalue weighted by atomic mass is 9.86. The number of carbonyl (C=O) groups is 2. The fraction of sp³-hybridized carbons (Fsp3) is 0.692. The minimum atomic E-state index is -0.113. The van der Waals surface area contributed by atoms with Crippen molar-refractivity contribution < 1.29 is 9.59 Å². The Morgan fingerprint density at radius 1 is 0.935 bits per heavy atom. The van der Waals surface area contributed by atoms with Crippen LogP contribution in [0, 0.1) is 17.3 Å². The highest BCUT2D eigenvalue weighted by molar-refractivity contribution is 5.92. The van der Waals surface area contributed by atoms with Crippen molar-refractivity contribution in [2.75, 3.05) is 18.4 Å². The van der Waals surface area contributed by atoms with Crippen LogP contribution in [0.15, 0.2) is 24.3 Å². The molecule has 0 atom stereocenters. The molecule has 31 heavy (non-hydrogen) atoms. The van der Waals surface area contributed by atoms with E-state index in [4.69, 9.17) is 5.73 Å². The van der Waals surface area contributed by atoms with Crippen molar-refractivity contribution in [2.24, 2.45) is 23.0 Å². The van der Waals surface area contributed by atoms with E-state index in [0.717, 1.165) is 62.6 Å². The number of anilines is 1. The summed E-state index contributed by atoms with van der Waals surface area (Å²) < 4.78 is 0. The molecule has 2 aliphatic carbocycles. The zero-order valence-corrected chi connectivity index (χ0v) is 19.5. The van der Waals surface area contributed by atoms with Crippen molar-refractivity contribution in [2.45, 2.75) is 84.6 Å². The van der Waals surface area contributed by atoms with Gasteiger partial charge in [-0.2, -0.15) is 0 Å². The summed E-state index contributed by atoms with van der Waals surface area (Å²) in [4.78, 5) is 27.8. The van der Waals surface area contributed by atoms with Crippen molar-refractivity contribution >= 4 is 17.5 Å². The molecular weight excluding hydrogens is 386 g/mol. The first kappa shape index (κ1) is 23.8.